The van der Waals surface area contributed by atoms with Crippen LogP contribution in [0.5, 0.6) is 11.5 Å². The Hall–Kier alpha value is -0.860. The number of ether oxygens (including phenoxy) is 2. The topological polar surface area (TPSA) is 64.6 Å². The van der Waals surface area contributed by atoms with Crippen LogP contribution in [0.15, 0.2) is 15.9 Å². The van der Waals surface area contributed by atoms with Gasteiger partial charge in [-0.25, -0.2) is 4.21 Å². The van der Waals surface area contributed by atoms with Crippen molar-refractivity contribution in [3.8, 4) is 11.5 Å². The SMILES string of the molecule is COc1cc(CCNC(C)=O)c2c(c1OC)S(=O)SS2. The maximum atomic E-state index is 12.1. The van der Waals surface area contributed by atoms with Gasteiger partial charge < -0.3 is 14.8 Å². The Balaban J connectivity index is 2.38. The molecule has 8 heteroatoms. The van der Waals surface area contributed by atoms with Crippen molar-refractivity contribution in [2.45, 2.75) is 23.1 Å². The summed E-state index contributed by atoms with van der Waals surface area (Å²) in [6, 6.07) is 1.88. The quantitative estimate of drug-likeness (QED) is 0.833. The molecule has 1 N–H and O–H groups in total. The van der Waals surface area contributed by atoms with E-state index in [1.807, 2.05) is 6.07 Å². The number of methoxy groups -OCH3 is 2. The molecule has 1 aromatic rings. The summed E-state index contributed by atoms with van der Waals surface area (Å²) in [7, 11) is 4.71. The van der Waals surface area contributed by atoms with Gasteiger partial charge in [-0.2, -0.15) is 0 Å². The van der Waals surface area contributed by atoms with Crippen LogP contribution in [-0.2, 0) is 21.0 Å². The highest BCUT2D eigenvalue weighted by Crippen LogP contribution is 2.55. The fourth-order valence-electron chi connectivity index (χ4n) is 1.90. The number of hydrogen-bond acceptors (Lipinski definition) is 6. The molecule has 0 aliphatic carbocycles. The molecule has 5 nitrogen and oxygen atoms in total. The van der Waals surface area contributed by atoms with E-state index in [0.717, 1.165) is 10.5 Å². The standard InChI is InChI=1S/C12H15NO4S3/c1-7(14)13-5-4-8-6-9(16-2)10(17-3)12-11(8)18-19-20(12)15/h6H,4-5H2,1-3H3,(H,13,14). The molecule has 1 atom stereocenters. The summed E-state index contributed by atoms with van der Waals surface area (Å²) in [5.41, 5.74) is 1.01. The van der Waals surface area contributed by atoms with E-state index in [9.17, 15) is 9.00 Å². The summed E-state index contributed by atoms with van der Waals surface area (Å²) in [4.78, 5) is 12.6. The fraction of sp³-hybridized carbons (Fsp3) is 0.417. The molecule has 0 bridgehead atoms. The molecule has 1 aliphatic heterocycles. The Labute approximate surface area is 127 Å². The zero-order valence-corrected chi connectivity index (χ0v) is 13.8. The number of benzene rings is 1. The average molecular weight is 333 g/mol. The van der Waals surface area contributed by atoms with Crippen molar-refractivity contribution in [1.82, 2.24) is 5.32 Å². The average Bonchev–Trinajstić information content (AvgIpc) is 2.80. The molecule has 20 heavy (non-hydrogen) atoms. The maximum Gasteiger partial charge on any atom is 0.216 e. The van der Waals surface area contributed by atoms with Gasteiger partial charge in [-0.15, -0.1) is 0 Å². The normalized spacial score (nSPS) is 16.6. The Morgan fingerprint density at radius 2 is 2.15 bits per heavy atom. The first-order valence-corrected chi connectivity index (χ1v) is 9.69. The van der Waals surface area contributed by atoms with Crippen LogP contribution in [0.25, 0.3) is 0 Å². The van der Waals surface area contributed by atoms with Crippen molar-refractivity contribution < 1.29 is 18.5 Å². The van der Waals surface area contributed by atoms with E-state index in [4.69, 9.17) is 9.47 Å². The highest BCUT2D eigenvalue weighted by atomic mass is 33.5. The van der Waals surface area contributed by atoms with Crippen LogP contribution in [-0.4, -0.2) is 30.9 Å². The second-order valence-electron chi connectivity index (χ2n) is 4.05. The molecule has 0 radical (unpaired) electrons. The zero-order valence-electron chi connectivity index (χ0n) is 11.3. The molecule has 2 rings (SSSR count). The lowest BCUT2D eigenvalue weighted by molar-refractivity contribution is -0.118. The van der Waals surface area contributed by atoms with E-state index in [0.29, 0.717) is 29.4 Å². The van der Waals surface area contributed by atoms with Crippen molar-refractivity contribution in [2.75, 3.05) is 20.8 Å². The molecular weight excluding hydrogens is 318 g/mol. The summed E-state index contributed by atoms with van der Waals surface area (Å²) < 4.78 is 22.7. The van der Waals surface area contributed by atoms with Crippen molar-refractivity contribution in [3.05, 3.63) is 11.6 Å². The van der Waals surface area contributed by atoms with Crippen LogP contribution in [0.4, 0.5) is 0 Å². The molecule has 1 aromatic carbocycles. The van der Waals surface area contributed by atoms with Crippen molar-refractivity contribution in [2.24, 2.45) is 0 Å². The molecule has 1 unspecified atom stereocenters. The number of nitrogens with one attached hydrogen (secondary N) is 1. The van der Waals surface area contributed by atoms with Crippen LogP contribution in [0.2, 0.25) is 0 Å². The Morgan fingerprint density at radius 3 is 2.75 bits per heavy atom. The van der Waals surface area contributed by atoms with E-state index in [1.54, 1.807) is 14.2 Å². The molecule has 0 fully saturated rings. The smallest absolute Gasteiger partial charge is 0.216 e. The summed E-state index contributed by atoms with van der Waals surface area (Å²) in [5, 5.41) is 2.76. The second-order valence-corrected chi connectivity index (χ2v) is 8.68. The summed E-state index contributed by atoms with van der Waals surface area (Å²) >= 11 is 0. The predicted molar refractivity (Wildman–Crippen MR) is 81.8 cm³/mol. The summed E-state index contributed by atoms with van der Waals surface area (Å²) in [6.45, 7) is 2.02. The minimum absolute atomic E-state index is 0.0623. The van der Waals surface area contributed by atoms with Crippen molar-refractivity contribution in [3.63, 3.8) is 0 Å². The number of carbonyl (C=O) groups excluding carboxylic acids is 1. The number of rotatable bonds is 5. The van der Waals surface area contributed by atoms with Gasteiger partial charge in [0.2, 0.25) is 5.91 Å². The molecule has 0 spiro atoms. The number of amides is 1. The van der Waals surface area contributed by atoms with Gasteiger partial charge in [0, 0.05) is 28.2 Å². The van der Waals surface area contributed by atoms with Gasteiger partial charge in [-0.05, 0) is 28.8 Å². The number of fused-ring (bicyclic) bond motifs is 1. The molecule has 1 heterocycles. The molecule has 0 saturated carbocycles. The van der Waals surface area contributed by atoms with E-state index in [1.165, 1.54) is 27.5 Å². The van der Waals surface area contributed by atoms with Gasteiger partial charge in [-0.1, -0.05) is 0 Å². The molecule has 110 valence electrons. The van der Waals surface area contributed by atoms with Crippen LogP contribution >= 0.6 is 20.6 Å². The van der Waals surface area contributed by atoms with Crippen LogP contribution in [0.1, 0.15) is 12.5 Å². The third kappa shape index (κ3) is 3.07. The van der Waals surface area contributed by atoms with Crippen molar-refractivity contribution >= 4 is 36.4 Å². The van der Waals surface area contributed by atoms with Gasteiger partial charge >= 0.3 is 0 Å². The first-order valence-electron chi connectivity index (χ1n) is 5.87. The van der Waals surface area contributed by atoms with Crippen molar-refractivity contribution in [1.29, 1.82) is 0 Å². The number of carbonyl (C=O) groups is 1. The molecular formula is C12H15NO4S3. The third-order valence-electron chi connectivity index (χ3n) is 2.77. The fourth-order valence-corrected chi connectivity index (χ4v) is 7.24. The summed E-state index contributed by atoms with van der Waals surface area (Å²) in [6.07, 6.45) is 0.660. The Morgan fingerprint density at radius 1 is 1.40 bits per heavy atom. The largest absolute Gasteiger partial charge is 0.493 e. The lowest BCUT2D eigenvalue weighted by atomic mass is 10.1. The highest BCUT2D eigenvalue weighted by Gasteiger charge is 2.30. The lowest BCUT2D eigenvalue weighted by Crippen LogP contribution is -2.22. The maximum absolute atomic E-state index is 12.1. The van der Waals surface area contributed by atoms with Gasteiger partial charge in [0.25, 0.3) is 0 Å². The monoisotopic (exact) mass is 333 g/mol. The van der Waals surface area contributed by atoms with Gasteiger partial charge in [-0.3, -0.25) is 4.79 Å². The number of hydrogen-bond donors (Lipinski definition) is 1. The second kappa shape index (κ2) is 6.73. The van der Waals surface area contributed by atoms with Gasteiger partial charge in [0.15, 0.2) is 11.5 Å². The van der Waals surface area contributed by atoms with Crippen LogP contribution in [0.3, 0.4) is 0 Å². The summed E-state index contributed by atoms with van der Waals surface area (Å²) in [5.74, 6) is 1.04. The third-order valence-corrected chi connectivity index (χ3v) is 7.75. The lowest BCUT2D eigenvalue weighted by Gasteiger charge is -2.14. The van der Waals surface area contributed by atoms with Gasteiger partial charge in [0.1, 0.15) is 14.7 Å². The predicted octanol–water partition coefficient (Wildman–Crippen LogP) is 2.16. The first kappa shape index (κ1) is 15.5. The van der Waals surface area contributed by atoms with E-state index < -0.39 is 9.83 Å². The molecule has 0 saturated heterocycles. The van der Waals surface area contributed by atoms with E-state index in [-0.39, 0.29) is 5.91 Å². The first-order chi connectivity index (χ1) is 9.58. The highest BCUT2D eigenvalue weighted by molar-refractivity contribution is 9.06. The molecule has 1 amide bonds. The zero-order chi connectivity index (χ0) is 14.7. The van der Waals surface area contributed by atoms with Crippen LogP contribution in [0, 0.1) is 0 Å². The molecule has 1 aliphatic rings. The van der Waals surface area contributed by atoms with E-state index in [2.05, 4.69) is 5.32 Å². The Kier molecular flexibility index (Phi) is 5.22. The van der Waals surface area contributed by atoms with Gasteiger partial charge in [0.05, 0.1) is 14.2 Å². The van der Waals surface area contributed by atoms with Crippen LogP contribution < -0.4 is 14.8 Å². The minimum Gasteiger partial charge on any atom is -0.493 e. The van der Waals surface area contributed by atoms with E-state index >= 15 is 0 Å². The minimum atomic E-state index is -1.16. The Bertz CT molecular complexity index is 562. The molecule has 0 aromatic heterocycles.